The minimum Gasteiger partial charge on any atom is -0.316 e. The smallest absolute Gasteiger partial charge is 0.235 e. The molecule has 0 saturated heterocycles. The minimum absolute atomic E-state index is 0.0313. The molecule has 0 fully saturated rings. The summed E-state index contributed by atoms with van der Waals surface area (Å²) in [6, 6.07) is 3.18. The fraction of sp³-hybridized carbons (Fsp3) is 0.556. The van der Waals surface area contributed by atoms with E-state index in [1.807, 2.05) is 6.92 Å². The van der Waals surface area contributed by atoms with Crippen molar-refractivity contribution in [3.05, 3.63) is 18.3 Å². The van der Waals surface area contributed by atoms with E-state index in [1.165, 1.54) is 6.20 Å². The predicted octanol–water partition coefficient (Wildman–Crippen LogP) is 0.218. The number of aromatic nitrogens is 2. The largest absolute Gasteiger partial charge is 0.316 e. The van der Waals surface area contributed by atoms with Crippen molar-refractivity contribution in [2.24, 2.45) is 0 Å². The second kappa shape index (κ2) is 6.39. The van der Waals surface area contributed by atoms with Gasteiger partial charge >= 0.3 is 0 Å². The molecule has 90 valence electrons. The van der Waals surface area contributed by atoms with Crippen LogP contribution in [0.3, 0.4) is 0 Å². The summed E-state index contributed by atoms with van der Waals surface area (Å²) in [5.74, 6) is 0.279. The van der Waals surface area contributed by atoms with Crippen LogP contribution in [-0.4, -0.2) is 37.5 Å². The summed E-state index contributed by atoms with van der Waals surface area (Å²) in [4.78, 5) is 0. The normalized spacial score (nSPS) is 11.3. The molecule has 0 atom stereocenters. The fourth-order valence-corrected chi connectivity index (χ4v) is 2.02. The quantitative estimate of drug-likeness (QED) is 0.670. The number of hydrogen-bond acceptors (Lipinski definition) is 5. The average molecular weight is 244 g/mol. The lowest BCUT2D eigenvalue weighted by Crippen LogP contribution is -2.27. The zero-order chi connectivity index (χ0) is 11.9. The van der Waals surface area contributed by atoms with Gasteiger partial charge in [0.05, 0.1) is 5.75 Å². The van der Waals surface area contributed by atoms with Gasteiger partial charge in [0.1, 0.15) is 0 Å². The molecular weight excluding hydrogens is 228 g/mol. The van der Waals surface area contributed by atoms with Crippen molar-refractivity contribution >= 4 is 15.8 Å². The Bertz CT molecular complexity index is 393. The van der Waals surface area contributed by atoms with Crippen LogP contribution < -0.4 is 10.0 Å². The highest BCUT2D eigenvalue weighted by molar-refractivity contribution is 7.92. The van der Waals surface area contributed by atoms with E-state index < -0.39 is 10.0 Å². The molecule has 0 aliphatic heterocycles. The van der Waals surface area contributed by atoms with Crippen LogP contribution in [0.4, 0.5) is 5.82 Å². The molecule has 0 aliphatic rings. The molecule has 0 unspecified atom stereocenters. The van der Waals surface area contributed by atoms with Crippen molar-refractivity contribution < 1.29 is 8.42 Å². The van der Waals surface area contributed by atoms with Crippen molar-refractivity contribution in [1.82, 2.24) is 15.5 Å². The highest BCUT2D eigenvalue weighted by Gasteiger charge is 2.10. The molecule has 0 radical (unpaired) electrons. The monoisotopic (exact) mass is 244 g/mol. The Balaban J connectivity index is 2.40. The van der Waals surface area contributed by atoms with Crippen molar-refractivity contribution in [3.63, 3.8) is 0 Å². The average Bonchev–Trinajstić information content (AvgIpc) is 2.25. The Morgan fingerprint density at radius 1 is 1.38 bits per heavy atom. The second-order valence-electron chi connectivity index (χ2n) is 3.28. The van der Waals surface area contributed by atoms with Crippen molar-refractivity contribution in [3.8, 4) is 0 Å². The Kier molecular flexibility index (Phi) is 5.13. The van der Waals surface area contributed by atoms with Crippen LogP contribution in [0, 0.1) is 0 Å². The first-order valence-corrected chi connectivity index (χ1v) is 6.78. The van der Waals surface area contributed by atoms with Gasteiger partial charge in [-0.15, -0.1) is 5.10 Å². The van der Waals surface area contributed by atoms with Crippen LogP contribution in [0.5, 0.6) is 0 Å². The first-order chi connectivity index (χ1) is 7.64. The van der Waals surface area contributed by atoms with Crippen molar-refractivity contribution in [2.45, 2.75) is 13.3 Å². The molecule has 1 heterocycles. The highest BCUT2D eigenvalue weighted by Crippen LogP contribution is 2.01. The van der Waals surface area contributed by atoms with Gasteiger partial charge in [-0.3, -0.25) is 4.72 Å². The zero-order valence-corrected chi connectivity index (χ0v) is 10.00. The lowest BCUT2D eigenvalue weighted by molar-refractivity contribution is 0.595. The summed E-state index contributed by atoms with van der Waals surface area (Å²) >= 11 is 0. The molecule has 1 aromatic rings. The van der Waals surface area contributed by atoms with Gasteiger partial charge in [0.2, 0.25) is 10.0 Å². The van der Waals surface area contributed by atoms with E-state index in [2.05, 4.69) is 20.2 Å². The summed E-state index contributed by atoms with van der Waals surface area (Å²) in [7, 11) is -3.33. The molecule has 0 amide bonds. The first-order valence-electron chi connectivity index (χ1n) is 5.13. The molecule has 0 aliphatic carbocycles. The summed E-state index contributed by atoms with van der Waals surface area (Å²) in [5, 5.41) is 10.3. The van der Waals surface area contributed by atoms with Gasteiger partial charge in [-0.05, 0) is 25.1 Å². The maximum Gasteiger partial charge on any atom is 0.235 e. The van der Waals surface area contributed by atoms with Crippen molar-refractivity contribution in [1.29, 1.82) is 0 Å². The number of hydrogen-bond donors (Lipinski definition) is 2. The van der Waals surface area contributed by atoms with Crippen LogP contribution in [-0.2, 0) is 10.0 Å². The van der Waals surface area contributed by atoms with E-state index in [1.54, 1.807) is 12.1 Å². The van der Waals surface area contributed by atoms with E-state index >= 15 is 0 Å². The summed E-state index contributed by atoms with van der Waals surface area (Å²) < 4.78 is 25.4. The van der Waals surface area contributed by atoms with E-state index in [9.17, 15) is 8.42 Å². The van der Waals surface area contributed by atoms with Gasteiger partial charge in [0.15, 0.2) is 5.82 Å². The lowest BCUT2D eigenvalue weighted by Gasteiger charge is -2.06. The number of rotatable bonds is 7. The van der Waals surface area contributed by atoms with Gasteiger partial charge in [-0.2, -0.15) is 5.10 Å². The molecule has 7 heteroatoms. The summed E-state index contributed by atoms with van der Waals surface area (Å²) in [5.41, 5.74) is 0. The van der Waals surface area contributed by atoms with E-state index in [4.69, 9.17) is 0 Å². The van der Waals surface area contributed by atoms with Crippen LogP contribution in [0.1, 0.15) is 13.3 Å². The second-order valence-corrected chi connectivity index (χ2v) is 5.12. The first kappa shape index (κ1) is 12.9. The molecular formula is C9H16N4O2S. The summed E-state index contributed by atoms with van der Waals surface area (Å²) in [6.07, 6.45) is 2.47. The van der Waals surface area contributed by atoms with Crippen LogP contribution in [0.15, 0.2) is 18.3 Å². The number of nitrogens with zero attached hydrogens (tertiary/aromatic N) is 2. The van der Waals surface area contributed by atoms with Gasteiger partial charge in [-0.25, -0.2) is 8.42 Å². The zero-order valence-electron chi connectivity index (χ0n) is 9.18. The molecule has 1 rings (SSSR count). The Morgan fingerprint density at radius 3 is 2.81 bits per heavy atom. The molecule has 0 aromatic carbocycles. The molecule has 6 nitrogen and oxygen atoms in total. The standard InChI is InChI=1S/C9H16N4O2S/c1-2-5-10-7-8-16(14,15)13-9-4-3-6-11-12-9/h3-4,6,10H,2,5,7-8H2,1H3,(H,12,13). The maximum absolute atomic E-state index is 11.5. The molecule has 0 spiro atoms. The molecule has 1 aromatic heterocycles. The minimum atomic E-state index is -3.33. The number of nitrogens with one attached hydrogen (secondary N) is 2. The van der Waals surface area contributed by atoms with E-state index in [0.717, 1.165) is 13.0 Å². The number of anilines is 1. The van der Waals surface area contributed by atoms with Crippen LogP contribution in [0.2, 0.25) is 0 Å². The fourth-order valence-electron chi connectivity index (χ4n) is 1.07. The Labute approximate surface area is 95.5 Å². The number of sulfonamides is 1. The third-order valence-electron chi connectivity index (χ3n) is 1.81. The summed E-state index contributed by atoms with van der Waals surface area (Å²) in [6.45, 7) is 3.28. The lowest BCUT2D eigenvalue weighted by atomic mass is 10.5. The molecule has 2 N–H and O–H groups in total. The van der Waals surface area contributed by atoms with Crippen LogP contribution in [0.25, 0.3) is 0 Å². The SMILES string of the molecule is CCCNCCS(=O)(=O)Nc1cccnn1. The molecule has 16 heavy (non-hydrogen) atoms. The van der Waals surface area contributed by atoms with Gasteiger partial charge in [0.25, 0.3) is 0 Å². The topological polar surface area (TPSA) is 84.0 Å². The maximum atomic E-state index is 11.5. The van der Waals surface area contributed by atoms with E-state index in [-0.39, 0.29) is 11.6 Å². The molecule has 0 bridgehead atoms. The van der Waals surface area contributed by atoms with Gasteiger partial charge in [-0.1, -0.05) is 6.92 Å². The van der Waals surface area contributed by atoms with E-state index in [0.29, 0.717) is 6.54 Å². The Hall–Kier alpha value is -1.21. The third kappa shape index (κ3) is 5.04. The molecule has 0 saturated carbocycles. The third-order valence-corrected chi connectivity index (χ3v) is 3.07. The Morgan fingerprint density at radius 2 is 2.19 bits per heavy atom. The van der Waals surface area contributed by atoms with Gasteiger partial charge < -0.3 is 5.32 Å². The predicted molar refractivity (Wildman–Crippen MR) is 62.6 cm³/mol. The highest BCUT2D eigenvalue weighted by atomic mass is 32.2. The van der Waals surface area contributed by atoms with Gasteiger partial charge in [0, 0.05) is 12.7 Å². The van der Waals surface area contributed by atoms with Crippen LogP contribution >= 0.6 is 0 Å². The van der Waals surface area contributed by atoms with Crippen molar-refractivity contribution in [2.75, 3.05) is 23.6 Å².